The standard InChI is InChI=1S/2Mo.2H3O4P.4H2O.4O.3Zn/c;;2*1-5(2,3)4;;;;;;;;;;;/h;;2*(H3,1,2,3,4);4*1H2;;;;;;;/q2*+2;;;;;;;;;;;3*+2/p-10. The first-order chi connectivity index (χ1) is 8.00. The van der Waals surface area contributed by atoms with E-state index in [1.165, 1.54) is 0 Å². The molecule has 23 heteroatoms. The van der Waals surface area contributed by atoms with Crippen LogP contribution in [0.5, 0.6) is 0 Å². The topological polar surface area (TPSA) is 322 Å². The molecule has 128 valence electrons. The SMILES string of the molecule is O=P([O-])([O-])[O-].O=P([O-])([O-])[O-].[O]=[Mo](=[O])([OH])[OH].[O]=[Mo](=[O])([OH])[OH].[Zn+2].[Zn+2].[Zn+2]. The monoisotopic (exact) mass is 709 g/mol. The van der Waals surface area contributed by atoms with E-state index in [4.69, 9.17) is 67.1 Å². The van der Waals surface area contributed by atoms with Gasteiger partial charge in [-0.25, -0.2) is 0 Å². The molecule has 0 amide bonds. The van der Waals surface area contributed by atoms with E-state index in [2.05, 4.69) is 0 Å². The van der Waals surface area contributed by atoms with Gasteiger partial charge in [-0.1, -0.05) is 0 Å². The second kappa shape index (κ2) is 19.3. The third-order valence-electron chi connectivity index (χ3n) is 0. The largest absolute Gasteiger partial charge is 2.00 e. The third-order valence-corrected chi connectivity index (χ3v) is 0. The summed E-state index contributed by atoms with van der Waals surface area (Å²) >= 11 is -11.0. The van der Waals surface area contributed by atoms with E-state index in [1.807, 2.05) is 0 Å². The zero-order chi connectivity index (χ0) is 18.0. The Balaban J connectivity index is -0.0000000284. The van der Waals surface area contributed by atoms with E-state index in [0.29, 0.717) is 0 Å². The normalized spacial score (nSPS) is 10.2. The quantitative estimate of drug-likeness (QED) is 0.134. The molecule has 0 atom stereocenters. The van der Waals surface area contributed by atoms with Gasteiger partial charge in [0.2, 0.25) is 0 Å². The van der Waals surface area contributed by atoms with Gasteiger partial charge in [-0.15, -0.1) is 0 Å². The first-order valence-electron chi connectivity index (χ1n) is 2.86. The summed E-state index contributed by atoms with van der Waals surface area (Å²) in [6, 6.07) is 0. The van der Waals surface area contributed by atoms with Crippen molar-refractivity contribution in [2.45, 2.75) is 0 Å². The fourth-order valence-electron chi connectivity index (χ4n) is 0. The molecule has 0 aliphatic carbocycles. The Morgan fingerprint density at radius 1 is 0.522 bits per heavy atom. The Hall–Kier alpha value is 2.51. The van der Waals surface area contributed by atoms with Crippen LogP contribution in [0.2, 0.25) is 0 Å². The Morgan fingerprint density at radius 2 is 0.522 bits per heavy atom. The maximum Gasteiger partial charge on any atom is 2.00 e. The average molecular weight is 710 g/mol. The molecule has 0 aromatic rings. The van der Waals surface area contributed by atoms with Crippen molar-refractivity contribution in [2.75, 3.05) is 0 Å². The molecule has 0 heterocycles. The van der Waals surface area contributed by atoms with Crippen LogP contribution in [-0.2, 0) is 115 Å². The van der Waals surface area contributed by atoms with Gasteiger partial charge < -0.3 is 38.5 Å². The van der Waals surface area contributed by atoms with Crippen LogP contribution in [0.1, 0.15) is 0 Å². The van der Waals surface area contributed by atoms with Gasteiger partial charge in [-0.05, 0) is 0 Å². The molecule has 0 aromatic carbocycles. The minimum absolute atomic E-state index is 0. The molecule has 0 aliphatic rings. The molecule has 0 saturated carbocycles. The molecule has 0 bridgehead atoms. The van der Waals surface area contributed by atoms with Crippen molar-refractivity contribution in [1.82, 2.24) is 0 Å². The summed E-state index contributed by atoms with van der Waals surface area (Å²) in [6.07, 6.45) is 0. The number of phosphoric acid groups is 2. The number of rotatable bonds is 0. The van der Waals surface area contributed by atoms with Gasteiger partial charge in [-0.3, -0.25) is 0 Å². The molecule has 0 fully saturated rings. The second-order valence-corrected chi connectivity index (χ2v) is 7.98. The molecule has 0 aromatic heterocycles. The van der Waals surface area contributed by atoms with Crippen LogP contribution in [0, 0.1) is 0 Å². The minimum Gasteiger partial charge on any atom is 2.00 e. The van der Waals surface area contributed by atoms with Crippen LogP contribution in [0.4, 0.5) is 0 Å². The van der Waals surface area contributed by atoms with Crippen LogP contribution in [0.3, 0.4) is 0 Å². The van der Waals surface area contributed by atoms with Crippen LogP contribution < -0.4 is 29.4 Å². The zero-order valence-electron chi connectivity index (χ0n) is 10.5. The van der Waals surface area contributed by atoms with Crippen molar-refractivity contribution < 1.29 is 159 Å². The van der Waals surface area contributed by atoms with Gasteiger partial charge in [0.1, 0.15) is 0 Å². The second-order valence-electron chi connectivity index (χ2n) is 1.79. The van der Waals surface area contributed by atoms with Crippen molar-refractivity contribution in [3.05, 3.63) is 0 Å². The van der Waals surface area contributed by atoms with E-state index in [0.717, 1.165) is 0 Å². The first kappa shape index (κ1) is 44.7. The summed E-state index contributed by atoms with van der Waals surface area (Å²) in [5, 5.41) is 0. The van der Waals surface area contributed by atoms with Gasteiger partial charge in [0.05, 0.1) is 0 Å². The Morgan fingerprint density at radius 3 is 0.522 bits per heavy atom. The molecule has 16 nitrogen and oxygen atoms in total. The molecule has 0 spiro atoms. The minimum atomic E-state index is -5.52. The fourth-order valence-corrected chi connectivity index (χ4v) is 0. The van der Waals surface area contributed by atoms with Gasteiger partial charge in [0, 0.05) is 0 Å². The molecule has 0 rings (SSSR count). The van der Waals surface area contributed by atoms with Crippen LogP contribution in [-0.4, -0.2) is 15.0 Å². The van der Waals surface area contributed by atoms with E-state index < -0.39 is 49.1 Å². The maximum absolute atomic E-state index is 8.85. The van der Waals surface area contributed by atoms with E-state index in [-0.39, 0.29) is 58.4 Å². The summed E-state index contributed by atoms with van der Waals surface area (Å²) in [5.41, 5.74) is 0. The molecule has 23 heavy (non-hydrogen) atoms. The van der Waals surface area contributed by atoms with Crippen LogP contribution >= 0.6 is 15.6 Å². The van der Waals surface area contributed by atoms with Gasteiger partial charge in [0.15, 0.2) is 0 Å². The summed E-state index contributed by atoms with van der Waals surface area (Å²) < 4.78 is 81.1. The first-order valence-corrected chi connectivity index (χ1v) is 12.6. The van der Waals surface area contributed by atoms with Crippen molar-refractivity contribution in [2.24, 2.45) is 0 Å². The molecular weight excluding hydrogens is 706 g/mol. The molecule has 4 N–H and O–H groups in total. The Bertz CT molecular complexity index is 437. The van der Waals surface area contributed by atoms with E-state index in [1.54, 1.807) is 0 Å². The molecule has 0 aliphatic heterocycles. The van der Waals surface area contributed by atoms with E-state index in [9.17, 15) is 0 Å². The maximum atomic E-state index is 8.85. The zero-order valence-corrected chi connectivity index (χ0v) is 25.2. The van der Waals surface area contributed by atoms with Crippen molar-refractivity contribution >= 4 is 15.6 Å². The van der Waals surface area contributed by atoms with Gasteiger partial charge in [0.25, 0.3) is 0 Å². The summed E-state index contributed by atoms with van der Waals surface area (Å²) in [4.78, 5) is 51.3. The predicted molar refractivity (Wildman–Crippen MR) is 26.8 cm³/mol. The van der Waals surface area contributed by atoms with E-state index >= 15 is 0 Å². The number of hydrogen-bond acceptors (Lipinski definition) is 12. The predicted octanol–water partition coefficient (Wildman–Crippen LogP) is -8.36. The van der Waals surface area contributed by atoms with Crippen LogP contribution in [0.25, 0.3) is 0 Å². The smallest absolute Gasteiger partial charge is 2.00 e. The molecular formula is H4Mo2O16P2Zn3. The summed E-state index contributed by atoms with van der Waals surface area (Å²) in [7, 11) is -10.8. The molecule has 0 unspecified atom stereocenters. The summed E-state index contributed by atoms with van der Waals surface area (Å²) in [5.74, 6) is 0. The fraction of sp³-hybridized carbons (Fsp3) is 0. The average Bonchev–Trinajstić information content (AvgIpc) is 1.62. The van der Waals surface area contributed by atoms with Gasteiger partial charge >= 0.3 is 121 Å². The Labute approximate surface area is 173 Å². The Kier molecular flexibility index (Phi) is 37.5. The molecule has 0 radical (unpaired) electrons. The third kappa shape index (κ3) is 1980. The number of hydrogen-bond donors (Lipinski definition) is 4. The van der Waals surface area contributed by atoms with Crippen LogP contribution in [0.15, 0.2) is 0 Å². The van der Waals surface area contributed by atoms with Crippen molar-refractivity contribution in [1.29, 1.82) is 0 Å². The van der Waals surface area contributed by atoms with Crippen molar-refractivity contribution in [3.63, 3.8) is 0 Å². The summed E-state index contributed by atoms with van der Waals surface area (Å²) in [6.45, 7) is 0. The van der Waals surface area contributed by atoms with Gasteiger partial charge in [-0.2, -0.15) is 15.6 Å². The molecule has 0 saturated heterocycles. The van der Waals surface area contributed by atoms with Crippen molar-refractivity contribution in [3.8, 4) is 0 Å².